The van der Waals surface area contributed by atoms with Crippen molar-refractivity contribution in [3.63, 3.8) is 0 Å². The van der Waals surface area contributed by atoms with Crippen LogP contribution in [-0.4, -0.2) is 13.0 Å². The Hall–Kier alpha value is -1.42. The normalized spacial score (nSPS) is 10.2. The molecule has 6 heteroatoms. The Bertz CT molecular complexity index is 659. The minimum atomic E-state index is -0.335. The maximum Gasteiger partial charge on any atom is 0.255 e. The first-order chi connectivity index (χ1) is 9.52. The van der Waals surface area contributed by atoms with Gasteiger partial charge < -0.3 is 10.1 Å². The molecule has 0 fully saturated rings. The van der Waals surface area contributed by atoms with E-state index in [1.165, 1.54) is 13.2 Å². The van der Waals surface area contributed by atoms with E-state index < -0.39 is 0 Å². The number of benzene rings is 2. The minimum Gasteiger partial charge on any atom is -0.495 e. The molecule has 0 spiro atoms. The second kappa shape index (κ2) is 6.35. The van der Waals surface area contributed by atoms with Gasteiger partial charge in [0.25, 0.3) is 5.91 Å². The summed E-state index contributed by atoms with van der Waals surface area (Å²) in [5.74, 6) is 0.169. The van der Waals surface area contributed by atoms with Gasteiger partial charge in [-0.25, -0.2) is 0 Å². The van der Waals surface area contributed by atoms with Crippen molar-refractivity contribution in [1.29, 1.82) is 0 Å². The van der Waals surface area contributed by atoms with E-state index in [1.807, 2.05) is 0 Å². The summed E-state index contributed by atoms with van der Waals surface area (Å²) in [7, 11) is 1.51. The lowest BCUT2D eigenvalue weighted by atomic mass is 10.2. The predicted molar refractivity (Wildman–Crippen MR) is 82.4 cm³/mol. The van der Waals surface area contributed by atoms with E-state index in [1.54, 1.807) is 30.3 Å². The van der Waals surface area contributed by atoms with Crippen molar-refractivity contribution in [2.45, 2.75) is 0 Å². The second-order valence-electron chi connectivity index (χ2n) is 3.90. The molecule has 0 heterocycles. The van der Waals surface area contributed by atoms with Gasteiger partial charge in [0.15, 0.2) is 0 Å². The lowest BCUT2D eigenvalue weighted by molar-refractivity contribution is 0.102. The standard InChI is InChI=1S/C14H10Cl3NO2/c1-20-12-6-5-8(7-10(12)16)14(19)18-11-4-2-3-9(15)13(11)17/h2-7H,1H3,(H,18,19). The zero-order valence-electron chi connectivity index (χ0n) is 10.4. The van der Waals surface area contributed by atoms with Crippen LogP contribution in [0.4, 0.5) is 5.69 Å². The first kappa shape index (κ1) is 15.0. The van der Waals surface area contributed by atoms with E-state index >= 15 is 0 Å². The Kier molecular flexibility index (Phi) is 4.76. The van der Waals surface area contributed by atoms with Gasteiger partial charge in [-0.2, -0.15) is 0 Å². The monoisotopic (exact) mass is 329 g/mol. The lowest BCUT2D eigenvalue weighted by Crippen LogP contribution is -2.12. The third-order valence-corrected chi connectivity index (χ3v) is 3.73. The Labute approximate surface area is 131 Å². The van der Waals surface area contributed by atoms with Crippen molar-refractivity contribution in [2.24, 2.45) is 0 Å². The molecular formula is C14H10Cl3NO2. The van der Waals surface area contributed by atoms with Gasteiger partial charge in [0.1, 0.15) is 5.75 Å². The van der Waals surface area contributed by atoms with Crippen LogP contribution in [0, 0.1) is 0 Å². The van der Waals surface area contributed by atoms with E-state index in [9.17, 15) is 4.79 Å². The summed E-state index contributed by atoms with van der Waals surface area (Å²) in [6.45, 7) is 0. The number of amides is 1. The van der Waals surface area contributed by atoms with Gasteiger partial charge in [0, 0.05) is 5.56 Å². The largest absolute Gasteiger partial charge is 0.495 e. The molecular weight excluding hydrogens is 321 g/mol. The molecule has 0 saturated carbocycles. The summed E-state index contributed by atoms with van der Waals surface area (Å²) in [5, 5.41) is 3.70. The van der Waals surface area contributed by atoms with Crippen molar-refractivity contribution in [1.82, 2.24) is 0 Å². The molecule has 104 valence electrons. The number of anilines is 1. The van der Waals surface area contributed by atoms with Crippen LogP contribution in [0.2, 0.25) is 15.1 Å². The molecule has 1 N–H and O–H groups in total. The Morgan fingerprint density at radius 1 is 1.10 bits per heavy atom. The topological polar surface area (TPSA) is 38.3 Å². The van der Waals surface area contributed by atoms with Crippen LogP contribution in [0.3, 0.4) is 0 Å². The molecule has 0 aliphatic rings. The fourth-order valence-corrected chi connectivity index (χ4v) is 2.21. The average molecular weight is 331 g/mol. The molecule has 0 aromatic heterocycles. The van der Waals surface area contributed by atoms with Crippen LogP contribution in [-0.2, 0) is 0 Å². The van der Waals surface area contributed by atoms with Crippen LogP contribution >= 0.6 is 34.8 Å². The highest BCUT2D eigenvalue weighted by Gasteiger charge is 2.12. The SMILES string of the molecule is COc1ccc(C(=O)Nc2cccc(Cl)c2Cl)cc1Cl. The van der Waals surface area contributed by atoms with Gasteiger partial charge in [-0.3, -0.25) is 4.79 Å². The van der Waals surface area contributed by atoms with Crippen LogP contribution in [0.5, 0.6) is 5.75 Å². The number of hydrogen-bond acceptors (Lipinski definition) is 2. The molecule has 0 aliphatic heterocycles. The van der Waals surface area contributed by atoms with E-state index in [0.29, 0.717) is 32.1 Å². The zero-order chi connectivity index (χ0) is 14.7. The number of hydrogen-bond donors (Lipinski definition) is 1. The third kappa shape index (κ3) is 3.18. The van der Waals surface area contributed by atoms with Crippen molar-refractivity contribution < 1.29 is 9.53 Å². The molecule has 0 aliphatic carbocycles. The van der Waals surface area contributed by atoms with Gasteiger partial charge >= 0.3 is 0 Å². The molecule has 1 amide bonds. The smallest absolute Gasteiger partial charge is 0.255 e. The van der Waals surface area contributed by atoms with Crippen LogP contribution in [0.25, 0.3) is 0 Å². The van der Waals surface area contributed by atoms with Gasteiger partial charge in [-0.05, 0) is 30.3 Å². The number of halogens is 3. The first-order valence-corrected chi connectivity index (χ1v) is 6.75. The molecule has 2 aromatic carbocycles. The Morgan fingerprint density at radius 3 is 2.50 bits per heavy atom. The maximum atomic E-state index is 12.1. The molecule has 2 aromatic rings. The molecule has 0 unspecified atom stereocenters. The van der Waals surface area contributed by atoms with Crippen molar-refractivity contribution in [2.75, 3.05) is 12.4 Å². The third-order valence-electron chi connectivity index (χ3n) is 2.61. The molecule has 2 rings (SSSR count). The van der Waals surface area contributed by atoms with Crippen LogP contribution < -0.4 is 10.1 Å². The summed E-state index contributed by atoms with van der Waals surface area (Å²) in [4.78, 5) is 12.1. The highest BCUT2D eigenvalue weighted by molar-refractivity contribution is 6.44. The minimum absolute atomic E-state index is 0.294. The Morgan fingerprint density at radius 2 is 1.85 bits per heavy atom. The van der Waals surface area contributed by atoms with Crippen molar-refractivity contribution in [3.05, 3.63) is 57.0 Å². The second-order valence-corrected chi connectivity index (χ2v) is 5.10. The number of nitrogens with one attached hydrogen (secondary N) is 1. The van der Waals surface area contributed by atoms with Crippen LogP contribution in [0.1, 0.15) is 10.4 Å². The van der Waals surface area contributed by atoms with Gasteiger partial charge in [-0.15, -0.1) is 0 Å². The van der Waals surface area contributed by atoms with E-state index in [-0.39, 0.29) is 5.91 Å². The number of rotatable bonds is 3. The van der Waals surface area contributed by atoms with Gasteiger partial charge in [-0.1, -0.05) is 40.9 Å². The number of carbonyl (C=O) groups excluding carboxylic acids is 1. The first-order valence-electron chi connectivity index (χ1n) is 5.62. The van der Waals surface area contributed by atoms with Crippen LogP contribution in [0.15, 0.2) is 36.4 Å². The van der Waals surface area contributed by atoms with Gasteiger partial charge in [0.05, 0.1) is 27.9 Å². The summed E-state index contributed by atoms with van der Waals surface area (Å²) in [5.41, 5.74) is 0.836. The molecule has 0 bridgehead atoms. The van der Waals surface area contributed by atoms with Crippen molar-refractivity contribution in [3.8, 4) is 5.75 Å². The summed E-state index contributed by atoms with van der Waals surface area (Å²) in [6.07, 6.45) is 0. The fourth-order valence-electron chi connectivity index (χ4n) is 1.60. The molecule has 0 radical (unpaired) electrons. The summed E-state index contributed by atoms with van der Waals surface area (Å²) >= 11 is 17.9. The van der Waals surface area contributed by atoms with E-state index in [0.717, 1.165) is 0 Å². The molecule has 3 nitrogen and oxygen atoms in total. The Balaban J connectivity index is 2.24. The fraction of sp³-hybridized carbons (Fsp3) is 0.0714. The zero-order valence-corrected chi connectivity index (χ0v) is 12.7. The molecule has 20 heavy (non-hydrogen) atoms. The number of ether oxygens (including phenoxy) is 1. The molecule has 0 saturated heterocycles. The number of carbonyl (C=O) groups is 1. The highest BCUT2D eigenvalue weighted by Crippen LogP contribution is 2.30. The van der Waals surface area contributed by atoms with Crippen molar-refractivity contribution >= 4 is 46.4 Å². The number of methoxy groups -OCH3 is 1. The predicted octanol–water partition coefficient (Wildman–Crippen LogP) is 4.91. The van der Waals surface area contributed by atoms with E-state index in [2.05, 4.69) is 5.32 Å². The van der Waals surface area contributed by atoms with E-state index in [4.69, 9.17) is 39.5 Å². The lowest BCUT2D eigenvalue weighted by Gasteiger charge is -2.09. The summed E-state index contributed by atoms with van der Waals surface area (Å²) < 4.78 is 5.03. The average Bonchev–Trinajstić information content (AvgIpc) is 2.43. The quantitative estimate of drug-likeness (QED) is 0.868. The maximum absolute atomic E-state index is 12.1. The highest BCUT2D eigenvalue weighted by atomic mass is 35.5. The summed E-state index contributed by atoms with van der Waals surface area (Å²) in [6, 6.07) is 9.76. The van der Waals surface area contributed by atoms with Gasteiger partial charge in [0.2, 0.25) is 0 Å². The molecule has 0 atom stereocenters.